The van der Waals surface area contributed by atoms with Crippen molar-refractivity contribution in [3.63, 3.8) is 0 Å². The van der Waals surface area contributed by atoms with E-state index in [0.717, 1.165) is 11.2 Å². The molecule has 1 saturated heterocycles. The first kappa shape index (κ1) is 11.2. The van der Waals surface area contributed by atoms with Crippen molar-refractivity contribution in [2.24, 2.45) is 0 Å². The Balaban J connectivity index is 2.01. The highest BCUT2D eigenvalue weighted by molar-refractivity contribution is 9.10. The van der Waals surface area contributed by atoms with Crippen LogP contribution in [-0.4, -0.2) is 27.9 Å². The number of halogens is 1. The predicted octanol–water partition coefficient (Wildman–Crippen LogP) is 1.54. The van der Waals surface area contributed by atoms with Crippen molar-refractivity contribution >= 4 is 39.1 Å². The van der Waals surface area contributed by atoms with E-state index in [1.54, 1.807) is 6.20 Å². The van der Waals surface area contributed by atoms with Gasteiger partial charge in [-0.25, -0.2) is 9.78 Å². The largest absolute Gasteiger partial charge is 0.328 e. The summed E-state index contributed by atoms with van der Waals surface area (Å²) in [5.41, 5.74) is 1.66. The number of carbonyl (C=O) groups is 2. The zero-order valence-electron chi connectivity index (χ0n) is 9.26. The number of hydrogen-bond acceptors (Lipinski definition) is 3. The van der Waals surface area contributed by atoms with Crippen LogP contribution < -0.4 is 10.2 Å². The molecule has 1 N–H and O–H groups in total. The van der Waals surface area contributed by atoms with Crippen LogP contribution in [-0.2, 0) is 4.79 Å². The molecule has 0 unspecified atom stereocenters. The highest BCUT2D eigenvalue weighted by atomic mass is 79.9. The summed E-state index contributed by atoms with van der Waals surface area (Å²) >= 11 is 3.33. The van der Waals surface area contributed by atoms with Crippen molar-refractivity contribution in [3.8, 4) is 0 Å². The van der Waals surface area contributed by atoms with Gasteiger partial charge in [0.05, 0.1) is 17.4 Å². The van der Waals surface area contributed by atoms with Gasteiger partial charge in [0.15, 0.2) is 4.73 Å². The molecule has 3 heterocycles. The first-order valence-electron chi connectivity index (χ1n) is 5.39. The Bertz CT molecular complexity index is 652. The molecule has 0 bridgehead atoms. The predicted molar refractivity (Wildman–Crippen MR) is 68.4 cm³/mol. The van der Waals surface area contributed by atoms with Gasteiger partial charge in [-0.1, -0.05) is 0 Å². The van der Waals surface area contributed by atoms with Gasteiger partial charge in [0, 0.05) is 19.2 Å². The van der Waals surface area contributed by atoms with E-state index >= 15 is 0 Å². The van der Waals surface area contributed by atoms with Crippen LogP contribution in [0.2, 0.25) is 0 Å². The molecule has 3 amide bonds. The maximum absolute atomic E-state index is 11.7. The van der Waals surface area contributed by atoms with E-state index in [-0.39, 0.29) is 11.9 Å². The molecule has 0 radical (unpaired) electrons. The van der Waals surface area contributed by atoms with Crippen LogP contribution in [0.5, 0.6) is 0 Å². The van der Waals surface area contributed by atoms with E-state index < -0.39 is 0 Å². The van der Waals surface area contributed by atoms with Crippen molar-refractivity contribution in [2.45, 2.75) is 6.42 Å². The Kier molecular flexibility index (Phi) is 2.55. The third-order valence-corrected chi connectivity index (χ3v) is 3.42. The second-order valence-corrected chi connectivity index (χ2v) is 4.67. The fraction of sp³-hybridized carbons (Fsp3) is 0.182. The molecule has 1 fully saturated rings. The van der Waals surface area contributed by atoms with Crippen LogP contribution in [0.4, 0.5) is 10.5 Å². The molecule has 2 aromatic heterocycles. The van der Waals surface area contributed by atoms with Gasteiger partial charge in [-0.05, 0) is 28.1 Å². The average molecular weight is 309 g/mol. The van der Waals surface area contributed by atoms with E-state index in [4.69, 9.17) is 0 Å². The van der Waals surface area contributed by atoms with Gasteiger partial charge in [-0.3, -0.25) is 19.4 Å². The van der Waals surface area contributed by atoms with E-state index in [1.807, 2.05) is 22.7 Å². The molecule has 1 aliphatic heterocycles. The third kappa shape index (κ3) is 1.76. The van der Waals surface area contributed by atoms with Gasteiger partial charge in [-0.15, -0.1) is 0 Å². The highest BCUT2D eigenvalue weighted by Crippen LogP contribution is 2.21. The smallest absolute Gasteiger partial charge is 0.292 e. The van der Waals surface area contributed by atoms with Crippen LogP contribution in [0, 0.1) is 0 Å². The normalized spacial score (nSPS) is 16.2. The number of aromatic nitrogens is 2. The zero-order valence-corrected chi connectivity index (χ0v) is 10.8. The number of carbonyl (C=O) groups excluding carboxylic acids is 2. The molecule has 0 spiro atoms. The lowest BCUT2D eigenvalue weighted by atomic mass is 10.2. The monoisotopic (exact) mass is 308 g/mol. The number of urea groups is 1. The summed E-state index contributed by atoms with van der Waals surface area (Å²) in [5.74, 6) is -0.235. The summed E-state index contributed by atoms with van der Waals surface area (Å²) in [6.07, 6.45) is 3.85. The van der Waals surface area contributed by atoms with E-state index in [1.165, 1.54) is 4.90 Å². The Morgan fingerprint density at radius 1 is 1.33 bits per heavy atom. The number of rotatable bonds is 1. The first-order chi connectivity index (χ1) is 8.65. The number of amides is 3. The third-order valence-electron chi connectivity index (χ3n) is 2.83. The zero-order chi connectivity index (χ0) is 12.7. The number of imide groups is 1. The summed E-state index contributed by atoms with van der Waals surface area (Å²) in [5, 5.41) is 2.30. The Labute approximate surface area is 111 Å². The number of nitrogens with zero attached hydrogens (tertiary/aromatic N) is 3. The van der Waals surface area contributed by atoms with Crippen molar-refractivity contribution in [1.82, 2.24) is 14.7 Å². The van der Waals surface area contributed by atoms with Gasteiger partial charge in [0.2, 0.25) is 5.91 Å². The molecule has 0 atom stereocenters. The first-order valence-corrected chi connectivity index (χ1v) is 6.18. The molecule has 0 saturated carbocycles. The summed E-state index contributed by atoms with van der Waals surface area (Å²) in [6.45, 7) is 0.391. The topological polar surface area (TPSA) is 66.7 Å². The number of hydrogen-bond donors (Lipinski definition) is 1. The van der Waals surface area contributed by atoms with Crippen molar-refractivity contribution < 1.29 is 9.59 Å². The molecule has 7 heteroatoms. The van der Waals surface area contributed by atoms with E-state index in [0.29, 0.717) is 17.7 Å². The standard InChI is InChI=1S/C11H9BrN4O2/c12-10-13-5-7-1-2-8(6-16(7)10)15-4-3-9(17)14-11(15)18/h1-2,5-6H,3-4H2,(H,14,17,18). The molecule has 92 valence electrons. The van der Waals surface area contributed by atoms with Crippen LogP contribution in [0.15, 0.2) is 29.3 Å². The van der Waals surface area contributed by atoms with E-state index in [9.17, 15) is 9.59 Å². The molecular weight excluding hydrogens is 300 g/mol. The van der Waals surface area contributed by atoms with Gasteiger partial charge in [0.1, 0.15) is 0 Å². The lowest BCUT2D eigenvalue weighted by Gasteiger charge is -2.26. The summed E-state index contributed by atoms with van der Waals surface area (Å²) in [4.78, 5) is 28.5. The summed E-state index contributed by atoms with van der Waals surface area (Å²) in [7, 11) is 0. The van der Waals surface area contributed by atoms with Crippen LogP contribution in [0.3, 0.4) is 0 Å². The minimum absolute atomic E-state index is 0.235. The summed E-state index contributed by atoms with van der Waals surface area (Å²) < 4.78 is 2.51. The van der Waals surface area contributed by atoms with Crippen LogP contribution in [0.25, 0.3) is 5.52 Å². The lowest BCUT2D eigenvalue weighted by Crippen LogP contribution is -2.49. The Hall–Kier alpha value is -1.89. The van der Waals surface area contributed by atoms with Crippen molar-refractivity contribution in [1.29, 1.82) is 0 Å². The van der Waals surface area contributed by atoms with Crippen LogP contribution >= 0.6 is 15.9 Å². The second-order valence-electron chi connectivity index (χ2n) is 3.96. The molecule has 3 rings (SSSR count). The molecule has 18 heavy (non-hydrogen) atoms. The maximum Gasteiger partial charge on any atom is 0.328 e. The van der Waals surface area contributed by atoms with Gasteiger partial charge in [-0.2, -0.15) is 0 Å². The number of imidazole rings is 1. The van der Waals surface area contributed by atoms with Crippen LogP contribution in [0.1, 0.15) is 6.42 Å². The second kappa shape index (κ2) is 4.09. The number of anilines is 1. The lowest BCUT2D eigenvalue weighted by molar-refractivity contribution is -0.120. The van der Waals surface area contributed by atoms with Crippen molar-refractivity contribution in [3.05, 3.63) is 29.3 Å². The minimum Gasteiger partial charge on any atom is -0.292 e. The number of nitrogens with one attached hydrogen (secondary N) is 1. The quantitative estimate of drug-likeness (QED) is 0.869. The van der Waals surface area contributed by atoms with Gasteiger partial charge < -0.3 is 0 Å². The fourth-order valence-electron chi connectivity index (χ4n) is 1.92. The van der Waals surface area contributed by atoms with Gasteiger partial charge >= 0.3 is 6.03 Å². The highest BCUT2D eigenvalue weighted by Gasteiger charge is 2.24. The molecule has 6 nitrogen and oxygen atoms in total. The number of pyridine rings is 1. The van der Waals surface area contributed by atoms with E-state index in [2.05, 4.69) is 26.2 Å². The Morgan fingerprint density at radius 3 is 2.94 bits per heavy atom. The number of fused-ring (bicyclic) bond motifs is 1. The molecular formula is C11H9BrN4O2. The summed E-state index contributed by atoms with van der Waals surface area (Å²) in [6, 6.07) is 3.32. The SMILES string of the molecule is O=C1CCN(c2ccc3cnc(Br)n3c2)C(=O)N1. The molecule has 2 aromatic rings. The maximum atomic E-state index is 11.7. The van der Waals surface area contributed by atoms with Crippen molar-refractivity contribution in [2.75, 3.05) is 11.4 Å². The minimum atomic E-state index is -0.387. The van der Waals surface area contributed by atoms with Gasteiger partial charge in [0.25, 0.3) is 0 Å². The molecule has 1 aliphatic rings. The average Bonchev–Trinajstić information content (AvgIpc) is 2.71. The fourth-order valence-corrected chi connectivity index (χ4v) is 2.33. The molecule has 0 aliphatic carbocycles. The Morgan fingerprint density at radius 2 is 2.17 bits per heavy atom. The molecule has 0 aromatic carbocycles.